The normalized spacial score (nSPS) is 11.0. The van der Waals surface area contributed by atoms with Gasteiger partial charge < -0.3 is 9.47 Å². The van der Waals surface area contributed by atoms with Crippen molar-refractivity contribution in [2.45, 2.75) is 20.5 Å². The molecule has 3 aromatic rings. The van der Waals surface area contributed by atoms with Crippen molar-refractivity contribution >= 4 is 18.4 Å². The van der Waals surface area contributed by atoms with Crippen LogP contribution >= 0.6 is 12.2 Å². The molecule has 0 radical (unpaired) electrons. The highest BCUT2D eigenvalue weighted by Crippen LogP contribution is 2.28. The van der Waals surface area contributed by atoms with Gasteiger partial charge in [0.15, 0.2) is 11.5 Å². The maximum Gasteiger partial charge on any atom is 0.216 e. The quantitative estimate of drug-likeness (QED) is 0.527. The second-order valence-electron chi connectivity index (χ2n) is 5.95. The number of rotatable bonds is 6. The summed E-state index contributed by atoms with van der Waals surface area (Å²) in [5.74, 6) is 1.33. The number of hydrogen-bond acceptors (Lipinski definition) is 5. The second kappa shape index (κ2) is 7.97. The van der Waals surface area contributed by atoms with Crippen LogP contribution in [-0.4, -0.2) is 28.2 Å². The molecule has 0 saturated heterocycles. The Kier molecular flexibility index (Phi) is 5.48. The first-order chi connectivity index (χ1) is 12.5. The first-order valence-electron chi connectivity index (χ1n) is 8.09. The zero-order chi connectivity index (χ0) is 18.5. The molecule has 0 aliphatic rings. The van der Waals surface area contributed by atoms with Gasteiger partial charge in [0.25, 0.3) is 0 Å². The molecule has 0 atom stereocenters. The molecule has 0 spiro atoms. The van der Waals surface area contributed by atoms with Gasteiger partial charge in [0.05, 0.1) is 13.3 Å². The van der Waals surface area contributed by atoms with E-state index >= 15 is 0 Å². The summed E-state index contributed by atoms with van der Waals surface area (Å²) in [6.45, 7) is 4.64. The monoisotopic (exact) mass is 368 g/mol. The lowest BCUT2D eigenvalue weighted by atomic mass is 10.1. The van der Waals surface area contributed by atoms with Crippen LogP contribution in [0, 0.1) is 18.6 Å². The molecular weight excluding hydrogens is 348 g/mol. The number of nitrogens with one attached hydrogen (secondary N) is 1. The number of aryl methyl sites for hydroxylation is 2. The van der Waals surface area contributed by atoms with Crippen molar-refractivity contribution in [2.75, 3.05) is 7.11 Å². The summed E-state index contributed by atoms with van der Waals surface area (Å²) in [5, 5.41) is 10.7. The molecule has 6 nitrogen and oxygen atoms in total. The Morgan fingerprint density at radius 1 is 1.15 bits per heavy atom. The first kappa shape index (κ1) is 17.9. The van der Waals surface area contributed by atoms with Gasteiger partial charge in [-0.05, 0) is 55.4 Å². The number of nitrogens with zero attached hydrogens (tertiary/aromatic N) is 3. The van der Waals surface area contributed by atoms with Crippen molar-refractivity contribution in [3.63, 3.8) is 0 Å². The van der Waals surface area contributed by atoms with E-state index in [1.807, 2.05) is 18.2 Å². The Balaban J connectivity index is 1.75. The zero-order valence-electron chi connectivity index (χ0n) is 14.9. The van der Waals surface area contributed by atoms with Gasteiger partial charge >= 0.3 is 0 Å². The number of benzene rings is 2. The van der Waals surface area contributed by atoms with Gasteiger partial charge in [0, 0.05) is 0 Å². The van der Waals surface area contributed by atoms with Crippen molar-refractivity contribution in [2.24, 2.45) is 5.10 Å². The van der Waals surface area contributed by atoms with Crippen LogP contribution in [0.4, 0.5) is 0 Å². The molecule has 26 heavy (non-hydrogen) atoms. The number of H-pyrrole nitrogens is 1. The number of aromatic amines is 1. The average molecular weight is 368 g/mol. The van der Waals surface area contributed by atoms with E-state index in [4.69, 9.17) is 21.7 Å². The molecular formula is C19H20N4O2S. The Hall–Kier alpha value is -2.93. The van der Waals surface area contributed by atoms with Gasteiger partial charge in [0.2, 0.25) is 4.77 Å². The second-order valence-corrected chi connectivity index (χ2v) is 6.33. The van der Waals surface area contributed by atoms with Crippen LogP contribution in [0.2, 0.25) is 0 Å². The van der Waals surface area contributed by atoms with E-state index < -0.39 is 0 Å². The molecule has 134 valence electrons. The van der Waals surface area contributed by atoms with Crippen LogP contribution in [0.25, 0.3) is 0 Å². The molecule has 0 fully saturated rings. The van der Waals surface area contributed by atoms with E-state index in [0.29, 0.717) is 22.9 Å². The Morgan fingerprint density at radius 3 is 2.58 bits per heavy atom. The lowest BCUT2D eigenvalue weighted by molar-refractivity contribution is 0.284. The molecule has 0 unspecified atom stereocenters. The van der Waals surface area contributed by atoms with Crippen LogP contribution < -0.4 is 9.47 Å². The largest absolute Gasteiger partial charge is 0.493 e. The van der Waals surface area contributed by atoms with Crippen LogP contribution in [-0.2, 0) is 6.61 Å². The van der Waals surface area contributed by atoms with Crippen LogP contribution in [0.3, 0.4) is 0 Å². The van der Waals surface area contributed by atoms with Gasteiger partial charge in [0.1, 0.15) is 12.9 Å². The minimum Gasteiger partial charge on any atom is -0.493 e. The Labute approximate surface area is 157 Å². The van der Waals surface area contributed by atoms with Crippen LogP contribution in [0.5, 0.6) is 11.5 Å². The molecule has 0 amide bonds. The van der Waals surface area contributed by atoms with Gasteiger partial charge in [-0.2, -0.15) is 14.9 Å². The Bertz CT molecular complexity index is 971. The van der Waals surface area contributed by atoms with Gasteiger partial charge in [-0.3, -0.25) is 5.10 Å². The van der Waals surface area contributed by atoms with Crippen molar-refractivity contribution in [1.29, 1.82) is 0 Å². The first-order valence-corrected chi connectivity index (χ1v) is 8.50. The molecule has 7 heteroatoms. The molecule has 3 rings (SSSR count). The van der Waals surface area contributed by atoms with Gasteiger partial charge in [-0.1, -0.05) is 29.3 Å². The molecule has 0 bridgehead atoms. The third-order valence-corrected chi connectivity index (χ3v) is 4.01. The van der Waals surface area contributed by atoms with Crippen LogP contribution in [0.1, 0.15) is 22.3 Å². The zero-order valence-corrected chi connectivity index (χ0v) is 15.7. The highest BCUT2D eigenvalue weighted by atomic mass is 32.1. The summed E-state index contributed by atoms with van der Waals surface area (Å²) in [6.07, 6.45) is 3.19. The van der Waals surface area contributed by atoms with Crippen molar-refractivity contribution < 1.29 is 9.47 Å². The van der Waals surface area contributed by atoms with Crippen molar-refractivity contribution in [3.8, 4) is 11.5 Å². The van der Waals surface area contributed by atoms with Gasteiger partial charge in [-0.25, -0.2) is 0 Å². The number of aromatic nitrogens is 3. The minimum absolute atomic E-state index is 0.432. The fraction of sp³-hybridized carbons (Fsp3) is 0.211. The number of ether oxygens (including phenoxy) is 2. The highest BCUT2D eigenvalue weighted by Gasteiger charge is 2.06. The fourth-order valence-corrected chi connectivity index (χ4v) is 2.80. The third-order valence-electron chi connectivity index (χ3n) is 3.73. The highest BCUT2D eigenvalue weighted by molar-refractivity contribution is 7.71. The van der Waals surface area contributed by atoms with E-state index in [9.17, 15) is 0 Å². The molecule has 1 N–H and O–H groups in total. The predicted molar refractivity (Wildman–Crippen MR) is 104 cm³/mol. The molecule has 0 aliphatic carbocycles. The van der Waals surface area contributed by atoms with E-state index in [1.165, 1.54) is 22.1 Å². The fourth-order valence-electron chi connectivity index (χ4n) is 2.65. The number of methoxy groups -OCH3 is 1. The summed E-state index contributed by atoms with van der Waals surface area (Å²) >= 11 is 5.06. The lowest BCUT2D eigenvalue weighted by Gasteiger charge is -2.12. The lowest BCUT2D eigenvalue weighted by Crippen LogP contribution is -1.99. The molecule has 1 heterocycles. The summed E-state index contributed by atoms with van der Waals surface area (Å²) in [7, 11) is 1.62. The average Bonchev–Trinajstić information content (AvgIpc) is 3.02. The molecule has 0 aliphatic heterocycles. The SMILES string of the molecule is COc1cc(/C=N\n2cn[nH]c2=S)ccc1OCc1cc(C)cc(C)c1. The van der Waals surface area contributed by atoms with Crippen LogP contribution in [0.15, 0.2) is 47.8 Å². The van der Waals surface area contributed by atoms with Crippen molar-refractivity contribution in [3.05, 3.63) is 69.8 Å². The Morgan fingerprint density at radius 2 is 1.92 bits per heavy atom. The molecule has 2 aromatic carbocycles. The summed E-state index contributed by atoms with van der Waals surface area (Å²) < 4.78 is 13.3. The smallest absolute Gasteiger partial charge is 0.216 e. The standard InChI is InChI=1S/C19H20N4O2S/c1-13-6-14(2)8-16(7-13)11-25-17-5-4-15(9-18(17)24-3)10-21-23-12-20-22-19(23)26/h4-10,12H,11H2,1-3H3,(H,22,26)/b21-10-. The maximum absolute atomic E-state index is 5.94. The maximum atomic E-state index is 5.94. The van der Waals surface area contributed by atoms with E-state index in [2.05, 4.69) is 47.3 Å². The van der Waals surface area contributed by atoms with E-state index in [1.54, 1.807) is 13.3 Å². The van der Waals surface area contributed by atoms with Crippen molar-refractivity contribution in [1.82, 2.24) is 14.9 Å². The van der Waals surface area contributed by atoms with E-state index in [-0.39, 0.29) is 0 Å². The summed E-state index contributed by atoms with van der Waals surface area (Å²) in [5.41, 5.74) is 4.44. The summed E-state index contributed by atoms with van der Waals surface area (Å²) in [6, 6.07) is 12.0. The van der Waals surface area contributed by atoms with Gasteiger partial charge in [-0.15, -0.1) is 0 Å². The summed E-state index contributed by atoms with van der Waals surface area (Å²) in [4.78, 5) is 0. The minimum atomic E-state index is 0.432. The molecule has 1 aromatic heterocycles. The van der Waals surface area contributed by atoms with E-state index in [0.717, 1.165) is 11.1 Å². The predicted octanol–water partition coefficient (Wildman–Crippen LogP) is 4.03. The third kappa shape index (κ3) is 4.37. The topological polar surface area (TPSA) is 64.4 Å². The number of hydrogen-bond donors (Lipinski definition) is 1. The molecule has 0 saturated carbocycles.